The quantitative estimate of drug-likeness (QED) is 0.124. The topological polar surface area (TPSA) is 52.6 Å². The molecule has 1 aliphatic rings. The maximum absolute atomic E-state index is 12.4. The molecule has 0 unspecified atom stereocenters. The fourth-order valence-electron chi connectivity index (χ4n) is 4.67. The monoisotopic (exact) mass is 584 g/mol. The Hall–Kier alpha value is -3.66. The molecule has 232 valence electrons. The van der Waals surface area contributed by atoms with Gasteiger partial charge in [0.1, 0.15) is 0 Å². The molecule has 0 fully saturated rings. The number of ether oxygens (including phenoxy) is 2. The lowest BCUT2D eigenvalue weighted by Crippen LogP contribution is -2.15. The molecule has 4 heteroatoms. The number of carbonyl (C=O) groups is 2. The maximum Gasteiger partial charge on any atom is 0.339 e. The molecule has 0 amide bonds. The molecule has 1 aliphatic carbocycles. The Balaban J connectivity index is 0.000000341. The largest absolute Gasteiger partial charge is 0.462 e. The highest BCUT2D eigenvalue weighted by atomic mass is 16.5. The number of unbranched alkanes of at least 4 members (excludes halogenated alkanes) is 10. The Morgan fingerprint density at radius 1 is 0.535 bits per heavy atom. The van der Waals surface area contributed by atoms with Crippen LogP contribution in [0.25, 0.3) is 6.08 Å². The van der Waals surface area contributed by atoms with E-state index >= 15 is 0 Å². The summed E-state index contributed by atoms with van der Waals surface area (Å²) in [6, 6.07) is 27.2. The number of benzene rings is 3. The molecule has 0 aliphatic heterocycles. The van der Waals surface area contributed by atoms with E-state index in [-0.39, 0.29) is 0 Å². The van der Waals surface area contributed by atoms with E-state index in [1.165, 1.54) is 62.5 Å². The second kappa shape index (κ2) is 23.9. The summed E-state index contributed by atoms with van der Waals surface area (Å²) < 4.78 is 10.7. The van der Waals surface area contributed by atoms with Gasteiger partial charge in [0.15, 0.2) is 0 Å². The highest BCUT2D eigenvalue weighted by molar-refractivity contribution is 6.03. The minimum absolute atomic E-state index is 0.293. The van der Waals surface area contributed by atoms with Crippen molar-refractivity contribution in [2.45, 2.75) is 97.3 Å². The summed E-state index contributed by atoms with van der Waals surface area (Å²) in [5.41, 5.74) is 3.43. The molecule has 4 rings (SSSR count). The highest BCUT2D eigenvalue weighted by Crippen LogP contribution is 2.17. The van der Waals surface area contributed by atoms with Crippen molar-refractivity contribution in [1.82, 2.24) is 0 Å². The van der Waals surface area contributed by atoms with Crippen LogP contribution in [0.15, 0.2) is 91.0 Å². The van der Waals surface area contributed by atoms with Gasteiger partial charge in [0, 0.05) is 0 Å². The zero-order valence-corrected chi connectivity index (χ0v) is 26.5. The predicted octanol–water partition coefficient (Wildman–Crippen LogP) is 10.7. The second-order valence-corrected chi connectivity index (χ2v) is 10.8. The van der Waals surface area contributed by atoms with E-state index in [4.69, 9.17) is 9.47 Å². The summed E-state index contributed by atoms with van der Waals surface area (Å²) in [6.45, 7) is 5.17. The maximum atomic E-state index is 12.4. The van der Waals surface area contributed by atoms with E-state index in [1.807, 2.05) is 36.4 Å². The van der Waals surface area contributed by atoms with Gasteiger partial charge < -0.3 is 9.47 Å². The van der Waals surface area contributed by atoms with E-state index in [2.05, 4.69) is 50.3 Å². The van der Waals surface area contributed by atoms with E-state index in [9.17, 15) is 9.59 Å². The summed E-state index contributed by atoms with van der Waals surface area (Å²) in [6.07, 6.45) is 19.1. The lowest BCUT2D eigenvalue weighted by atomic mass is 10.1. The average Bonchev–Trinajstić information content (AvgIpc) is 3.54. The molecule has 0 saturated heterocycles. The fraction of sp³-hybridized carbons (Fsp3) is 0.436. The van der Waals surface area contributed by atoms with Gasteiger partial charge in [-0.1, -0.05) is 163 Å². The smallest absolute Gasteiger partial charge is 0.339 e. The first-order chi connectivity index (χ1) is 21.2. The van der Waals surface area contributed by atoms with Crippen molar-refractivity contribution >= 4 is 18.0 Å². The molecular weight excluding hydrogens is 532 g/mol. The summed E-state index contributed by atoms with van der Waals surface area (Å²) in [7, 11) is 0. The van der Waals surface area contributed by atoms with Crippen LogP contribution in [0.4, 0.5) is 0 Å². The molecule has 3 aromatic rings. The summed E-state index contributed by atoms with van der Waals surface area (Å²) in [4.78, 5) is 24.7. The number of rotatable bonds is 16. The Morgan fingerprint density at radius 3 is 1.42 bits per heavy atom. The SMILES string of the molecule is C1=Cc2ccccc2C1.CCCCCCCCOC(=O)c1ccccc1C(=O)OCCCCCCCC.c1ccccc1. The van der Waals surface area contributed by atoms with Gasteiger partial charge in [-0.2, -0.15) is 0 Å². The number of hydrogen-bond donors (Lipinski definition) is 0. The van der Waals surface area contributed by atoms with E-state index in [0.29, 0.717) is 24.3 Å². The number of allylic oxidation sites excluding steroid dienone is 1. The number of hydrogen-bond acceptors (Lipinski definition) is 4. The predicted molar refractivity (Wildman–Crippen MR) is 179 cm³/mol. The van der Waals surface area contributed by atoms with Gasteiger partial charge in [-0.05, 0) is 42.5 Å². The third kappa shape index (κ3) is 16.0. The van der Waals surface area contributed by atoms with Crippen LogP contribution in [-0.4, -0.2) is 25.2 Å². The molecule has 43 heavy (non-hydrogen) atoms. The molecule has 0 aromatic heterocycles. The molecule has 0 spiro atoms. The molecule has 0 radical (unpaired) electrons. The molecule has 0 saturated carbocycles. The molecule has 4 nitrogen and oxygen atoms in total. The first kappa shape index (κ1) is 35.5. The van der Waals surface area contributed by atoms with Crippen LogP contribution in [0.2, 0.25) is 0 Å². The Bertz CT molecular complexity index is 1090. The lowest BCUT2D eigenvalue weighted by Gasteiger charge is -2.10. The van der Waals surface area contributed by atoms with Gasteiger partial charge in [0.05, 0.1) is 24.3 Å². The Labute approximate surface area is 260 Å². The highest BCUT2D eigenvalue weighted by Gasteiger charge is 2.18. The Kier molecular flexibility index (Phi) is 19.7. The van der Waals surface area contributed by atoms with Crippen LogP contribution in [0.1, 0.15) is 123 Å². The van der Waals surface area contributed by atoms with Crippen LogP contribution in [0.3, 0.4) is 0 Å². The first-order valence-corrected chi connectivity index (χ1v) is 16.3. The molecule has 0 heterocycles. The summed E-state index contributed by atoms with van der Waals surface area (Å²) in [5.74, 6) is -0.888. The van der Waals surface area contributed by atoms with Crippen LogP contribution in [0.5, 0.6) is 0 Å². The minimum Gasteiger partial charge on any atom is -0.462 e. The Morgan fingerprint density at radius 2 is 0.953 bits per heavy atom. The number of carbonyl (C=O) groups excluding carboxylic acids is 2. The van der Waals surface area contributed by atoms with Crippen molar-refractivity contribution in [2.75, 3.05) is 13.2 Å². The van der Waals surface area contributed by atoms with Crippen molar-refractivity contribution in [1.29, 1.82) is 0 Å². The van der Waals surface area contributed by atoms with Gasteiger partial charge in [-0.3, -0.25) is 0 Å². The molecule has 0 N–H and O–H groups in total. The van der Waals surface area contributed by atoms with E-state index in [1.54, 1.807) is 24.3 Å². The van der Waals surface area contributed by atoms with Crippen molar-refractivity contribution < 1.29 is 19.1 Å². The van der Waals surface area contributed by atoms with Crippen LogP contribution >= 0.6 is 0 Å². The van der Waals surface area contributed by atoms with Crippen LogP contribution < -0.4 is 0 Å². The van der Waals surface area contributed by atoms with Crippen molar-refractivity contribution in [3.63, 3.8) is 0 Å². The summed E-state index contributed by atoms with van der Waals surface area (Å²) in [5, 5.41) is 0. The van der Waals surface area contributed by atoms with Crippen molar-refractivity contribution in [3.05, 3.63) is 113 Å². The van der Waals surface area contributed by atoms with Gasteiger partial charge in [0.2, 0.25) is 0 Å². The standard InChI is InChI=1S/C24H38O4.C9H8.C6H6/c1-3-5-7-9-11-15-19-27-23(25)21-17-13-14-18-22(21)24(26)28-20-16-12-10-8-6-4-2;1-2-5-9-7-3-6-8(9)4-1;1-2-4-6-5-3-1/h13-14,17-18H,3-12,15-16,19-20H2,1-2H3;1-6H,7H2;1-6H. The summed E-state index contributed by atoms with van der Waals surface area (Å²) >= 11 is 0. The first-order valence-electron chi connectivity index (χ1n) is 16.3. The van der Waals surface area contributed by atoms with E-state index in [0.717, 1.165) is 32.1 Å². The lowest BCUT2D eigenvalue weighted by molar-refractivity contribution is 0.0450. The molecule has 0 bridgehead atoms. The van der Waals surface area contributed by atoms with Gasteiger partial charge in [0.25, 0.3) is 0 Å². The van der Waals surface area contributed by atoms with Crippen molar-refractivity contribution in [2.24, 2.45) is 0 Å². The number of fused-ring (bicyclic) bond motifs is 1. The average molecular weight is 585 g/mol. The van der Waals surface area contributed by atoms with Crippen molar-refractivity contribution in [3.8, 4) is 0 Å². The van der Waals surface area contributed by atoms with Gasteiger partial charge in [-0.15, -0.1) is 0 Å². The van der Waals surface area contributed by atoms with Gasteiger partial charge in [-0.25, -0.2) is 9.59 Å². The zero-order chi connectivity index (χ0) is 30.8. The third-order valence-corrected chi connectivity index (χ3v) is 7.19. The molecule has 0 atom stereocenters. The third-order valence-electron chi connectivity index (χ3n) is 7.19. The fourth-order valence-corrected chi connectivity index (χ4v) is 4.67. The van der Waals surface area contributed by atoms with Gasteiger partial charge >= 0.3 is 11.9 Å². The normalized spacial score (nSPS) is 10.9. The van der Waals surface area contributed by atoms with Crippen LogP contribution in [0, 0.1) is 0 Å². The zero-order valence-electron chi connectivity index (χ0n) is 26.5. The minimum atomic E-state index is -0.444. The second-order valence-electron chi connectivity index (χ2n) is 10.8. The molecular formula is C39H52O4. The van der Waals surface area contributed by atoms with E-state index < -0.39 is 11.9 Å². The van der Waals surface area contributed by atoms with Crippen LogP contribution in [-0.2, 0) is 15.9 Å². The number of esters is 2. The molecule has 3 aromatic carbocycles.